The maximum Gasteiger partial charge on any atom is 0.238 e. The van der Waals surface area contributed by atoms with E-state index in [4.69, 9.17) is 0 Å². The molecule has 7 heteroatoms. The van der Waals surface area contributed by atoms with E-state index in [1.807, 2.05) is 24.3 Å². The molecule has 2 saturated heterocycles. The topological polar surface area (TPSA) is 81.8 Å². The Bertz CT molecular complexity index is 781. The number of carbonyl (C=O) groups is 3. The Morgan fingerprint density at radius 2 is 1.61 bits per heavy atom. The zero-order valence-electron chi connectivity index (χ0n) is 18.3. The van der Waals surface area contributed by atoms with Gasteiger partial charge in [-0.15, -0.1) is 0 Å². The van der Waals surface area contributed by atoms with Crippen molar-refractivity contribution in [3.8, 4) is 0 Å². The number of piperidine rings is 1. The number of hydrogen-bond donors (Lipinski definition) is 2. The van der Waals surface area contributed by atoms with Gasteiger partial charge in [-0.25, -0.2) is 0 Å². The van der Waals surface area contributed by atoms with E-state index in [1.165, 1.54) is 38.6 Å². The number of piperazine rings is 1. The maximum absolute atomic E-state index is 12.5. The van der Waals surface area contributed by atoms with Crippen molar-refractivity contribution in [1.82, 2.24) is 15.1 Å². The first-order chi connectivity index (χ1) is 15.1. The summed E-state index contributed by atoms with van der Waals surface area (Å²) in [6.45, 7) is 5.60. The SMILES string of the molecule is O=C1CCC(c2ccc(NC(=O)CN3CCN(CC4CCCCC4)CC3)cc2)C(=O)N1. The quantitative estimate of drug-likeness (QED) is 0.683. The van der Waals surface area contributed by atoms with Crippen LogP contribution >= 0.6 is 0 Å². The summed E-state index contributed by atoms with van der Waals surface area (Å²) in [6.07, 6.45) is 7.83. The number of imide groups is 1. The third-order valence-corrected chi connectivity index (χ3v) is 6.91. The van der Waals surface area contributed by atoms with Crippen LogP contribution in [0.4, 0.5) is 5.69 Å². The monoisotopic (exact) mass is 426 g/mol. The van der Waals surface area contributed by atoms with Crippen LogP contribution in [-0.4, -0.2) is 66.8 Å². The second-order valence-corrected chi connectivity index (χ2v) is 9.25. The molecule has 0 spiro atoms. The number of nitrogens with zero attached hydrogens (tertiary/aromatic N) is 2. The predicted molar refractivity (Wildman–Crippen MR) is 120 cm³/mol. The fourth-order valence-electron chi connectivity index (χ4n) is 5.08. The molecular formula is C24H34N4O3. The van der Waals surface area contributed by atoms with Crippen LogP contribution in [0.1, 0.15) is 56.4 Å². The van der Waals surface area contributed by atoms with Crippen LogP contribution in [0.2, 0.25) is 0 Å². The number of rotatable bonds is 6. The lowest BCUT2D eigenvalue weighted by Gasteiger charge is -2.37. The Morgan fingerprint density at radius 1 is 0.935 bits per heavy atom. The van der Waals surface area contributed by atoms with Crippen molar-refractivity contribution in [3.05, 3.63) is 29.8 Å². The maximum atomic E-state index is 12.5. The fourth-order valence-corrected chi connectivity index (χ4v) is 5.08. The fraction of sp³-hybridized carbons (Fsp3) is 0.625. The van der Waals surface area contributed by atoms with E-state index in [2.05, 4.69) is 20.4 Å². The van der Waals surface area contributed by atoms with Gasteiger partial charge >= 0.3 is 0 Å². The molecule has 1 saturated carbocycles. The van der Waals surface area contributed by atoms with E-state index in [0.29, 0.717) is 19.4 Å². The van der Waals surface area contributed by atoms with Gasteiger partial charge in [-0.3, -0.25) is 24.6 Å². The number of nitrogens with one attached hydrogen (secondary N) is 2. The number of hydrogen-bond acceptors (Lipinski definition) is 5. The zero-order valence-corrected chi connectivity index (χ0v) is 18.3. The molecule has 2 heterocycles. The largest absolute Gasteiger partial charge is 0.325 e. The van der Waals surface area contributed by atoms with Crippen molar-refractivity contribution in [2.75, 3.05) is 44.6 Å². The third-order valence-electron chi connectivity index (χ3n) is 6.91. The molecule has 4 rings (SSSR count). The highest BCUT2D eigenvalue weighted by atomic mass is 16.2. The molecule has 3 fully saturated rings. The Morgan fingerprint density at radius 3 is 2.29 bits per heavy atom. The molecule has 0 bridgehead atoms. The normalized spacial score (nSPS) is 24.1. The zero-order chi connectivity index (χ0) is 21.6. The van der Waals surface area contributed by atoms with Gasteiger partial charge in [0.15, 0.2) is 0 Å². The molecule has 3 aliphatic rings. The highest BCUT2D eigenvalue weighted by molar-refractivity contribution is 6.01. The lowest BCUT2D eigenvalue weighted by atomic mass is 9.89. The van der Waals surface area contributed by atoms with Crippen LogP contribution in [0, 0.1) is 5.92 Å². The minimum Gasteiger partial charge on any atom is -0.325 e. The van der Waals surface area contributed by atoms with Crippen molar-refractivity contribution in [2.24, 2.45) is 5.92 Å². The summed E-state index contributed by atoms with van der Waals surface area (Å²) in [5.41, 5.74) is 1.61. The average Bonchev–Trinajstić information content (AvgIpc) is 2.77. The van der Waals surface area contributed by atoms with Gasteiger partial charge in [0.25, 0.3) is 0 Å². The Hall–Kier alpha value is -2.25. The number of benzene rings is 1. The molecule has 1 unspecified atom stereocenters. The van der Waals surface area contributed by atoms with E-state index in [9.17, 15) is 14.4 Å². The highest BCUT2D eigenvalue weighted by Crippen LogP contribution is 2.26. The van der Waals surface area contributed by atoms with Crippen molar-refractivity contribution >= 4 is 23.4 Å². The van der Waals surface area contributed by atoms with Gasteiger partial charge in [-0.2, -0.15) is 0 Å². The summed E-state index contributed by atoms with van der Waals surface area (Å²) in [5.74, 6) is 0.115. The first kappa shape index (κ1) is 22.0. The Kier molecular flexibility index (Phi) is 7.35. The van der Waals surface area contributed by atoms with Crippen LogP contribution < -0.4 is 10.6 Å². The second-order valence-electron chi connectivity index (χ2n) is 9.25. The van der Waals surface area contributed by atoms with Crippen molar-refractivity contribution in [3.63, 3.8) is 0 Å². The number of amides is 3. The lowest BCUT2D eigenvalue weighted by molar-refractivity contribution is -0.134. The first-order valence-corrected chi connectivity index (χ1v) is 11.7. The summed E-state index contributed by atoms with van der Waals surface area (Å²) in [6, 6.07) is 7.39. The molecule has 168 valence electrons. The van der Waals surface area contributed by atoms with E-state index in [0.717, 1.165) is 43.3 Å². The smallest absolute Gasteiger partial charge is 0.238 e. The Balaban J connectivity index is 1.19. The number of anilines is 1. The average molecular weight is 427 g/mol. The molecule has 1 atom stereocenters. The van der Waals surface area contributed by atoms with Gasteiger partial charge in [0.1, 0.15) is 0 Å². The molecule has 2 aliphatic heterocycles. The van der Waals surface area contributed by atoms with Crippen molar-refractivity contribution < 1.29 is 14.4 Å². The summed E-state index contributed by atoms with van der Waals surface area (Å²) < 4.78 is 0. The van der Waals surface area contributed by atoms with Crippen LogP contribution in [0.25, 0.3) is 0 Å². The number of carbonyl (C=O) groups excluding carboxylic acids is 3. The minimum absolute atomic E-state index is 0.00510. The van der Waals surface area contributed by atoms with E-state index < -0.39 is 0 Å². The summed E-state index contributed by atoms with van der Waals surface area (Å²) in [4.78, 5) is 40.6. The first-order valence-electron chi connectivity index (χ1n) is 11.7. The second kappa shape index (κ2) is 10.4. The molecule has 0 radical (unpaired) electrons. The molecule has 2 N–H and O–H groups in total. The summed E-state index contributed by atoms with van der Waals surface area (Å²) in [5, 5.41) is 5.35. The van der Waals surface area contributed by atoms with Gasteiger partial charge in [0.05, 0.1) is 12.5 Å². The van der Waals surface area contributed by atoms with E-state index in [-0.39, 0.29) is 23.6 Å². The molecule has 0 aromatic heterocycles. The van der Waals surface area contributed by atoms with Crippen molar-refractivity contribution in [1.29, 1.82) is 0 Å². The standard InChI is InChI=1S/C24H34N4O3/c29-22-11-10-21(24(31)26-22)19-6-8-20(9-7-19)25-23(30)17-28-14-12-27(13-15-28)16-18-4-2-1-3-5-18/h6-9,18,21H,1-5,10-17H2,(H,25,30)(H,26,29,31). The molecule has 31 heavy (non-hydrogen) atoms. The summed E-state index contributed by atoms with van der Waals surface area (Å²) >= 11 is 0. The highest BCUT2D eigenvalue weighted by Gasteiger charge is 2.28. The van der Waals surface area contributed by atoms with Gasteiger partial charge < -0.3 is 10.2 Å². The van der Waals surface area contributed by atoms with Crippen molar-refractivity contribution in [2.45, 2.75) is 50.9 Å². The van der Waals surface area contributed by atoms with Crippen LogP contribution in [0.15, 0.2) is 24.3 Å². The van der Waals surface area contributed by atoms with Crippen LogP contribution in [0.5, 0.6) is 0 Å². The molecule has 1 aliphatic carbocycles. The van der Waals surface area contributed by atoms with Gasteiger partial charge in [-0.05, 0) is 42.9 Å². The molecular weight excluding hydrogens is 392 g/mol. The van der Waals surface area contributed by atoms with Crippen LogP contribution in [-0.2, 0) is 14.4 Å². The molecule has 1 aromatic carbocycles. The van der Waals surface area contributed by atoms with Gasteiger partial charge in [0.2, 0.25) is 17.7 Å². The van der Waals surface area contributed by atoms with E-state index in [1.54, 1.807) is 0 Å². The molecule has 7 nitrogen and oxygen atoms in total. The molecule has 1 aromatic rings. The van der Waals surface area contributed by atoms with E-state index >= 15 is 0 Å². The van der Waals surface area contributed by atoms with Gasteiger partial charge in [-0.1, -0.05) is 31.4 Å². The predicted octanol–water partition coefficient (Wildman–Crippen LogP) is 2.34. The van der Waals surface area contributed by atoms with Gasteiger partial charge in [0, 0.05) is 44.8 Å². The summed E-state index contributed by atoms with van der Waals surface area (Å²) in [7, 11) is 0. The van der Waals surface area contributed by atoms with Crippen LogP contribution in [0.3, 0.4) is 0 Å². The lowest BCUT2D eigenvalue weighted by Crippen LogP contribution is -2.49. The molecule has 3 amide bonds. The minimum atomic E-state index is -0.299. The Labute approximate surface area is 184 Å². The third kappa shape index (κ3) is 6.14.